The normalized spacial score (nSPS) is 24.2. The van der Waals surface area contributed by atoms with E-state index in [2.05, 4.69) is 29.1 Å². The molecule has 1 saturated heterocycles. The quantitative estimate of drug-likeness (QED) is 0.713. The number of carboxylic acids is 1. The van der Waals surface area contributed by atoms with Gasteiger partial charge in [-0.2, -0.15) is 0 Å². The molecule has 5 heteroatoms. The number of piperazine rings is 1. The Morgan fingerprint density at radius 3 is 2.57 bits per heavy atom. The van der Waals surface area contributed by atoms with Crippen molar-refractivity contribution in [2.24, 2.45) is 0 Å². The lowest BCUT2D eigenvalue weighted by atomic mass is 9.89. The lowest BCUT2D eigenvalue weighted by Gasteiger charge is -2.38. The van der Waals surface area contributed by atoms with Gasteiger partial charge in [0.05, 0.1) is 0 Å². The van der Waals surface area contributed by atoms with Crippen LogP contribution in [0.3, 0.4) is 0 Å². The van der Waals surface area contributed by atoms with Crippen LogP contribution in [0.5, 0.6) is 0 Å². The van der Waals surface area contributed by atoms with Gasteiger partial charge in [0.2, 0.25) is 0 Å². The van der Waals surface area contributed by atoms with Gasteiger partial charge in [-0.3, -0.25) is 10.1 Å². The maximum Gasteiger partial charge on any atom is 0.323 e. The standard InChI is InChI=1S/C16H33N3O2/c1-6-16(15(20)21,17-13(2)3)8-7-9-19-11-10-18(5)14(4)12-19/h13-14,17H,6-12H2,1-5H3,(H,20,21). The number of rotatable bonds is 8. The minimum absolute atomic E-state index is 0.185. The highest BCUT2D eigenvalue weighted by Gasteiger charge is 2.36. The van der Waals surface area contributed by atoms with Gasteiger partial charge in [-0.05, 0) is 53.6 Å². The van der Waals surface area contributed by atoms with Crippen LogP contribution in [0.2, 0.25) is 0 Å². The number of likely N-dealkylation sites (N-methyl/N-ethyl adjacent to an activating group) is 1. The molecule has 124 valence electrons. The average Bonchev–Trinajstić information content (AvgIpc) is 2.40. The molecule has 0 saturated carbocycles. The zero-order chi connectivity index (χ0) is 16.0. The van der Waals surface area contributed by atoms with Crippen molar-refractivity contribution >= 4 is 5.97 Å². The van der Waals surface area contributed by atoms with Gasteiger partial charge in [0.15, 0.2) is 0 Å². The summed E-state index contributed by atoms with van der Waals surface area (Å²) < 4.78 is 0. The fraction of sp³-hybridized carbons (Fsp3) is 0.938. The van der Waals surface area contributed by atoms with Crippen molar-refractivity contribution in [1.82, 2.24) is 15.1 Å². The Morgan fingerprint density at radius 1 is 1.43 bits per heavy atom. The highest BCUT2D eigenvalue weighted by Crippen LogP contribution is 2.20. The largest absolute Gasteiger partial charge is 0.480 e. The number of carbonyl (C=O) groups is 1. The molecular formula is C16H33N3O2. The molecule has 1 aliphatic rings. The molecule has 0 aliphatic carbocycles. The number of hydrogen-bond donors (Lipinski definition) is 2. The molecule has 0 radical (unpaired) electrons. The molecule has 0 amide bonds. The van der Waals surface area contributed by atoms with E-state index >= 15 is 0 Å². The maximum absolute atomic E-state index is 11.7. The van der Waals surface area contributed by atoms with E-state index < -0.39 is 11.5 Å². The predicted octanol–water partition coefficient (Wildman–Crippen LogP) is 1.63. The second-order valence-corrected chi connectivity index (χ2v) is 6.77. The highest BCUT2D eigenvalue weighted by molar-refractivity contribution is 5.78. The zero-order valence-electron chi connectivity index (χ0n) is 14.4. The van der Waals surface area contributed by atoms with E-state index in [9.17, 15) is 9.90 Å². The number of nitrogens with zero attached hydrogens (tertiary/aromatic N) is 2. The molecule has 0 spiro atoms. The summed E-state index contributed by atoms with van der Waals surface area (Å²) in [5.41, 5.74) is -0.771. The Kier molecular flexibility index (Phi) is 7.10. The minimum Gasteiger partial charge on any atom is -0.480 e. The van der Waals surface area contributed by atoms with E-state index in [1.165, 1.54) is 0 Å². The summed E-state index contributed by atoms with van der Waals surface area (Å²) >= 11 is 0. The van der Waals surface area contributed by atoms with Gasteiger partial charge in [-0.1, -0.05) is 6.92 Å². The van der Waals surface area contributed by atoms with Crippen molar-refractivity contribution in [3.05, 3.63) is 0 Å². The van der Waals surface area contributed by atoms with Crippen LogP contribution in [0, 0.1) is 0 Å². The van der Waals surface area contributed by atoms with Crippen LogP contribution >= 0.6 is 0 Å². The predicted molar refractivity (Wildman–Crippen MR) is 86.7 cm³/mol. The van der Waals surface area contributed by atoms with Crippen LogP contribution in [0.1, 0.15) is 47.0 Å². The van der Waals surface area contributed by atoms with Crippen LogP contribution < -0.4 is 5.32 Å². The van der Waals surface area contributed by atoms with Crippen molar-refractivity contribution in [1.29, 1.82) is 0 Å². The van der Waals surface area contributed by atoms with E-state index in [-0.39, 0.29) is 6.04 Å². The molecule has 2 N–H and O–H groups in total. The lowest BCUT2D eigenvalue weighted by Crippen LogP contribution is -2.55. The Bertz CT molecular complexity index is 335. The average molecular weight is 299 g/mol. The summed E-state index contributed by atoms with van der Waals surface area (Å²) in [6.07, 6.45) is 2.24. The number of hydrogen-bond acceptors (Lipinski definition) is 4. The van der Waals surface area contributed by atoms with Crippen molar-refractivity contribution < 1.29 is 9.90 Å². The zero-order valence-corrected chi connectivity index (χ0v) is 14.4. The first kappa shape index (κ1) is 18.4. The monoisotopic (exact) mass is 299 g/mol. The second kappa shape index (κ2) is 8.11. The Hall–Kier alpha value is -0.650. The summed E-state index contributed by atoms with van der Waals surface area (Å²) in [5.74, 6) is -0.717. The molecule has 21 heavy (non-hydrogen) atoms. The molecule has 2 atom stereocenters. The molecule has 1 fully saturated rings. The third kappa shape index (κ3) is 5.24. The van der Waals surface area contributed by atoms with Crippen molar-refractivity contribution in [2.45, 2.75) is 64.6 Å². The first-order chi connectivity index (χ1) is 9.80. The summed E-state index contributed by atoms with van der Waals surface area (Å²) in [5, 5.41) is 12.9. The third-order valence-electron chi connectivity index (χ3n) is 4.70. The van der Waals surface area contributed by atoms with Gasteiger partial charge >= 0.3 is 5.97 Å². The maximum atomic E-state index is 11.7. The smallest absolute Gasteiger partial charge is 0.323 e. The summed E-state index contributed by atoms with van der Waals surface area (Å²) in [4.78, 5) is 16.5. The van der Waals surface area contributed by atoms with Gasteiger partial charge in [-0.15, -0.1) is 0 Å². The van der Waals surface area contributed by atoms with Gasteiger partial charge in [-0.25, -0.2) is 0 Å². The van der Waals surface area contributed by atoms with Crippen LogP contribution in [0.25, 0.3) is 0 Å². The second-order valence-electron chi connectivity index (χ2n) is 6.77. The van der Waals surface area contributed by atoms with E-state index in [1.54, 1.807) is 0 Å². The molecule has 2 unspecified atom stereocenters. The molecule has 0 aromatic rings. The van der Waals surface area contributed by atoms with E-state index in [0.717, 1.165) is 32.6 Å². The Labute approximate surface area is 129 Å². The van der Waals surface area contributed by atoms with Crippen LogP contribution in [-0.2, 0) is 4.79 Å². The van der Waals surface area contributed by atoms with E-state index in [4.69, 9.17) is 0 Å². The van der Waals surface area contributed by atoms with Crippen molar-refractivity contribution in [3.8, 4) is 0 Å². The topological polar surface area (TPSA) is 55.8 Å². The summed E-state index contributed by atoms with van der Waals surface area (Å²) in [6.45, 7) is 12.5. The first-order valence-corrected chi connectivity index (χ1v) is 8.24. The van der Waals surface area contributed by atoms with Crippen LogP contribution in [-0.4, -0.2) is 71.7 Å². The number of nitrogens with one attached hydrogen (secondary N) is 1. The lowest BCUT2D eigenvalue weighted by molar-refractivity contribution is -0.146. The van der Waals surface area contributed by atoms with Crippen molar-refractivity contribution in [2.75, 3.05) is 33.2 Å². The first-order valence-electron chi connectivity index (χ1n) is 8.24. The molecule has 1 aliphatic heterocycles. The Morgan fingerprint density at radius 2 is 2.10 bits per heavy atom. The fourth-order valence-corrected chi connectivity index (χ4v) is 3.15. The van der Waals surface area contributed by atoms with Crippen molar-refractivity contribution in [3.63, 3.8) is 0 Å². The molecule has 1 heterocycles. The summed E-state index contributed by atoms with van der Waals surface area (Å²) in [7, 11) is 2.17. The fourth-order valence-electron chi connectivity index (χ4n) is 3.15. The Balaban J connectivity index is 2.48. The molecule has 0 bridgehead atoms. The summed E-state index contributed by atoms with van der Waals surface area (Å²) in [6, 6.07) is 0.771. The molecule has 1 rings (SSSR count). The molecular weight excluding hydrogens is 266 g/mol. The van der Waals surface area contributed by atoms with E-state index in [1.807, 2.05) is 20.8 Å². The van der Waals surface area contributed by atoms with Crippen LogP contribution in [0.4, 0.5) is 0 Å². The van der Waals surface area contributed by atoms with Gasteiger partial charge in [0.1, 0.15) is 5.54 Å². The molecule has 0 aromatic carbocycles. The molecule has 5 nitrogen and oxygen atoms in total. The number of carboxylic acid groups (broad SMARTS) is 1. The third-order valence-corrected chi connectivity index (χ3v) is 4.70. The van der Waals surface area contributed by atoms with Gasteiger partial charge in [0.25, 0.3) is 0 Å². The van der Waals surface area contributed by atoms with E-state index in [0.29, 0.717) is 18.9 Å². The number of aliphatic carboxylic acids is 1. The van der Waals surface area contributed by atoms with Crippen LogP contribution in [0.15, 0.2) is 0 Å². The SMILES string of the molecule is CCC(CCCN1CCN(C)C(C)C1)(NC(C)C)C(=O)O. The highest BCUT2D eigenvalue weighted by atomic mass is 16.4. The van der Waals surface area contributed by atoms with Gasteiger partial charge in [0, 0.05) is 31.7 Å². The molecule has 0 aromatic heterocycles. The van der Waals surface area contributed by atoms with Gasteiger partial charge < -0.3 is 14.9 Å². The minimum atomic E-state index is -0.771.